The van der Waals surface area contributed by atoms with Crippen LogP contribution in [-0.4, -0.2) is 47.5 Å². The Bertz CT molecular complexity index is 1150. The number of piperidine rings is 1. The van der Waals surface area contributed by atoms with Crippen LogP contribution in [0.15, 0.2) is 32.7 Å². The number of nitrogens with zero attached hydrogens (tertiary/aromatic N) is 3. The van der Waals surface area contributed by atoms with Crippen LogP contribution in [0, 0.1) is 5.92 Å². The van der Waals surface area contributed by atoms with Gasteiger partial charge in [-0.15, -0.1) is 0 Å². The van der Waals surface area contributed by atoms with E-state index < -0.39 is 33.2 Å². The summed E-state index contributed by atoms with van der Waals surface area (Å²) in [6, 6.07) is 4.13. The van der Waals surface area contributed by atoms with E-state index in [9.17, 15) is 22.8 Å². The number of rotatable bonds is 4. The van der Waals surface area contributed by atoms with Gasteiger partial charge in [-0.1, -0.05) is 0 Å². The summed E-state index contributed by atoms with van der Waals surface area (Å²) in [7, 11) is -1.03. The first-order chi connectivity index (χ1) is 13.2. The molecule has 1 saturated heterocycles. The highest BCUT2D eigenvalue weighted by atomic mass is 32.2. The van der Waals surface area contributed by atoms with Crippen molar-refractivity contribution >= 4 is 26.9 Å². The Morgan fingerprint density at radius 2 is 1.93 bits per heavy atom. The summed E-state index contributed by atoms with van der Waals surface area (Å²) in [4.78, 5) is 36.5. The van der Waals surface area contributed by atoms with E-state index in [-0.39, 0.29) is 23.4 Å². The third-order valence-electron chi connectivity index (χ3n) is 5.08. The zero-order chi connectivity index (χ0) is 20.6. The summed E-state index contributed by atoms with van der Waals surface area (Å²) in [5, 5.41) is 0.143. The van der Waals surface area contributed by atoms with E-state index in [1.807, 2.05) is 0 Å². The number of carbonyl (C=O) groups excluding carboxylic acids is 1. The zero-order valence-corrected chi connectivity index (χ0v) is 16.9. The highest BCUT2D eigenvalue weighted by Crippen LogP contribution is 2.25. The number of aryl methyl sites for hydroxylation is 1. The van der Waals surface area contributed by atoms with Gasteiger partial charge in [0.2, 0.25) is 10.0 Å². The van der Waals surface area contributed by atoms with Gasteiger partial charge in [0, 0.05) is 27.2 Å². The van der Waals surface area contributed by atoms with E-state index in [1.54, 1.807) is 6.92 Å². The third-order valence-corrected chi connectivity index (χ3v) is 6.94. The van der Waals surface area contributed by atoms with Crippen molar-refractivity contribution in [2.75, 3.05) is 19.7 Å². The minimum atomic E-state index is -3.90. The first-order valence-corrected chi connectivity index (χ1v) is 10.5. The molecule has 3 rings (SSSR count). The number of aromatic nitrogens is 2. The van der Waals surface area contributed by atoms with Gasteiger partial charge in [-0.2, -0.15) is 4.31 Å². The Labute approximate surface area is 162 Å². The highest BCUT2D eigenvalue weighted by Gasteiger charge is 2.34. The first-order valence-electron chi connectivity index (χ1n) is 9.05. The van der Waals surface area contributed by atoms with Crippen molar-refractivity contribution in [1.82, 2.24) is 13.4 Å². The van der Waals surface area contributed by atoms with Crippen molar-refractivity contribution in [2.45, 2.75) is 24.7 Å². The molecule has 2 aromatic rings. The maximum Gasteiger partial charge on any atom is 0.330 e. The molecule has 0 bridgehead atoms. The molecular formula is C18H23N3O6S. The van der Waals surface area contributed by atoms with Crippen molar-refractivity contribution in [3.63, 3.8) is 0 Å². The first kappa shape index (κ1) is 20.3. The van der Waals surface area contributed by atoms with Gasteiger partial charge in [-0.25, -0.2) is 13.2 Å². The molecule has 0 N–H and O–H groups in total. The number of esters is 1. The Hall–Kier alpha value is -2.46. The lowest BCUT2D eigenvalue weighted by Crippen LogP contribution is -2.42. The van der Waals surface area contributed by atoms with Crippen molar-refractivity contribution in [3.05, 3.63) is 39.0 Å². The molecule has 10 heteroatoms. The van der Waals surface area contributed by atoms with Crippen molar-refractivity contribution in [3.8, 4) is 0 Å². The van der Waals surface area contributed by atoms with Gasteiger partial charge in [0.1, 0.15) is 0 Å². The average Bonchev–Trinajstić information content (AvgIpc) is 2.70. The molecule has 1 aromatic carbocycles. The highest BCUT2D eigenvalue weighted by molar-refractivity contribution is 7.89. The van der Waals surface area contributed by atoms with Crippen LogP contribution in [0.2, 0.25) is 0 Å². The van der Waals surface area contributed by atoms with Crippen LogP contribution in [0.3, 0.4) is 0 Å². The molecule has 1 atom stereocenters. The smallest absolute Gasteiger partial charge is 0.330 e. The van der Waals surface area contributed by atoms with Gasteiger partial charge < -0.3 is 4.74 Å². The summed E-state index contributed by atoms with van der Waals surface area (Å²) in [5.41, 5.74) is -0.685. The maximum absolute atomic E-state index is 13.1. The Morgan fingerprint density at radius 1 is 1.21 bits per heavy atom. The van der Waals surface area contributed by atoms with Crippen LogP contribution in [0.25, 0.3) is 10.9 Å². The lowest BCUT2D eigenvalue weighted by atomic mass is 10.0. The van der Waals surface area contributed by atoms with Crippen LogP contribution in [0.5, 0.6) is 0 Å². The van der Waals surface area contributed by atoms with Crippen molar-refractivity contribution in [1.29, 1.82) is 0 Å². The molecule has 1 aliphatic heterocycles. The number of hydrogen-bond donors (Lipinski definition) is 0. The second kappa shape index (κ2) is 7.51. The van der Waals surface area contributed by atoms with Gasteiger partial charge >= 0.3 is 11.7 Å². The monoisotopic (exact) mass is 409 g/mol. The molecular weight excluding hydrogens is 386 g/mol. The van der Waals surface area contributed by atoms with Crippen LogP contribution in [-0.2, 0) is 33.7 Å². The molecule has 1 aliphatic rings. The maximum atomic E-state index is 13.1. The third kappa shape index (κ3) is 3.37. The topological polar surface area (TPSA) is 108 Å². The second-order valence-electron chi connectivity index (χ2n) is 6.84. The summed E-state index contributed by atoms with van der Waals surface area (Å²) in [6.45, 7) is 2.29. The number of hydrogen-bond acceptors (Lipinski definition) is 6. The molecule has 1 unspecified atom stereocenters. The van der Waals surface area contributed by atoms with Crippen molar-refractivity contribution in [2.24, 2.45) is 20.0 Å². The summed E-state index contributed by atoms with van der Waals surface area (Å²) in [5.74, 6) is -0.901. The standard InChI is InChI=1S/C18H23N3O6S/c1-4-27-17(23)12-6-5-9-21(11-12)28(25,26)13-7-8-15-14(10-13)16(22)20(3)18(24)19(15)2/h7-8,10,12H,4-6,9,11H2,1-3H3. The second-order valence-corrected chi connectivity index (χ2v) is 8.78. The normalized spacial score (nSPS) is 18.3. The molecule has 0 amide bonds. The van der Waals surface area contributed by atoms with E-state index in [2.05, 4.69) is 0 Å². The van der Waals surface area contributed by atoms with Gasteiger partial charge in [0.25, 0.3) is 5.56 Å². The molecule has 28 heavy (non-hydrogen) atoms. The van der Waals surface area contributed by atoms with E-state index in [4.69, 9.17) is 4.74 Å². The molecule has 152 valence electrons. The summed E-state index contributed by atoms with van der Waals surface area (Å²) in [6.07, 6.45) is 1.12. The number of benzene rings is 1. The number of carbonyl (C=O) groups is 1. The largest absolute Gasteiger partial charge is 0.466 e. The number of ether oxygens (including phenoxy) is 1. The molecule has 0 radical (unpaired) electrons. The van der Waals surface area contributed by atoms with Crippen molar-refractivity contribution < 1.29 is 17.9 Å². The fourth-order valence-corrected chi connectivity index (χ4v) is 5.05. The van der Waals surface area contributed by atoms with Crippen LogP contribution in [0.1, 0.15) is 19.8 Å². The van der Waals surface area contributed by atoms with E-state index in [0.717, 1.165) is 4.57 Å². The van der Waals surface area contributed by atoms with Crippen LogP contribution < -0.4 is 11.2 Å². The van der Waals surface area contributed by atoms with Gasteiger partial charge in [-0.3, -0.25) is 18.7 Å². The minimum Gasteiger partial charge on any atom is -0.466 e. The van der Waals surface area contributed by atoms with Crippen LogP contribution >= 0.6 is 0 Å². The molecule has 1 aromatic heterocycles. The fraction of sp³-hybridized carbons (Fsp3) is 0.500. The predicted molar refractivity (Wildman–Crippen MR) is 103 cm³/mol. The quantitative estimate of drug-likeness (QED) is 0.668. The lowest BCUT2D eigenvalue weighted by Gasteiger charge is -2.30. The minimum absolute atomic E-state index is 0.0414. The SMILES string of the molecule is CCOC(=O)C1CCCN(S(=O)(=O)c2ccc3c(c2)c(=O)n(C)c(=O)n3C)C1. The predicted octanol–water partition coefficient (Wildman–Crippen LogP) is 0.201. The van der Waals surface area contributed by atoms with Gasteiger partial charge in [0.05, 0.1) is 28.3 Å². The lowest BCUT2D eigenvalue weighted by molar-refractivity contribution is -0.149. The molecule has 0 aliphatic carbocycles. The molecule has 2 heterocycles. The average molecular weight is 409 g/mol. The Balaban J connectivity index is 2.02. The van der Waals surface area contributed by atoms with Crippen LogP contribution in [0.4, 0.5) is 0 Å². The Morgan fingerprint density at radius 3 is 2.61 bits per heavy atom. The number of fused-ring (bicyclic) bond motifs is 1. The summed E-state index contributed by atoms with van der Waals surface area (Å²) < 4.78 is 34.7. The van der Waals surface area contributed by atoms with Gasteiger partial charge in [0.15, 0.2) is 0 Å². The zero-order valence-electron chi connectivity index (χ0n) is 16.0. The molecule has 0 saturated carbocycles. The van der Waals surface area contributed by atoms with E-state index >= 15 is 0 Å². The summed E-state index contributed by atoms with van der Waals surface area (Å²) >= 11 is 0. The number of sulfonamides is 1. The van der Waals surface area contributed by atoms with Gasteiger partial charge in [-0.05, 0) is 38.0 Å². The fourth-order valence-electron chi connectivity index (χ4n) is 3.50. The van der Waals surface area contributed by atoms with E-state index in [1.165, 1.54) is 41.2 Å². The molecule has 9 nitrogen and oxygen atoms in total. The van der Waals surface area contributed by atoms with E-state index in [0.29, 0.717) is 24.9 Å². The molecule has 1 fully saturated rings. The molecule has 0 spiro atoms. The Kier molecular flexibility index (Phi) is 5.44.